The average molecular weight is 420 g/mol. The third-order valence-corrected chi connectivity index (χ3v) is 5.37. The Morgan fingerprint density at radius 3 is 2.53 bits per heavy atom. The zero-order valence-corrected chi connectivity index (χ0v) is 17.8. The molecule has 3 aromatic rings. The Labute approximate surface area is 178 Å². The fourth-order valence-corrected chi connectivity index (χ4v) is 3.73. The van der Waals surface area contributed by atoms with E-state index < -0.39 is 6.04 Å². The van der Waals surface area contributed by atoms with E-state index in [-0.39, 0.29) is 5.91 Å². The number of ether oxygens (including phenoxy) is 1. The molecule has 7 nitrogen and oxygen atoms in total. The van der Waals surface area contributed by atoms with E-state index in [1.165, 1.54) is 21.9 Å². The highest BCUT2D eigenvalue weighted by Gasteiger charge is 2.36. The molecule has 1 aliphatic rings. The molecule has 0 bridgehead atoms. The van der Waals surface area contributed by atoms with Gasteiger partial charge in [0.15, 0.2) is 6.04 Å². The second-order valence-electron chi connectivity index (χ2n) is 6.82. The van der Waals surface area contributed by atoms with Gasteiger partial charge in [-0.25, -0.2) is 4.98 Å². The molecule has 4 rings (SSSR count). The minimum atomic E-state index is -0.747. The lowest BCUT2D eigenvalue weighted by molar-refractivity contribution is -0.117. The van der Waals surface area contributed by atoms with Gasteiger partial charge >= 0.3 is 0 Å². The molecule has 1 aromatic heterocycles. The summed E-state index contributed by atoms with van der Waals surface area (Å²) < 4.78 is 5.42. The Morgan fingerprint density at radius 1 is 1.10 bits per heavy atom. The summed E-state index contributed by atoms with van der Waals surface area (Å²) in [6.07, 6.45) is 0. The van der Waals surface area contributed by atoms with Crippen LogP contribution >= 0.6 is 11.3 Å². The molecule has 0 radical (unpaired) electrons. The summed E-state index contributed by atoms with van der Waals surface area (Å²) in [6.45, 7) is 6.34. The molecule has 8 heteroatoms. The van der Waals surface area contributed by atoms with Crippen molar-refractivity contribution in [2.45, 2.75) is 26.8 Å². The van der Waals surface area contributed by atoms with Crippen molar-refractivity contribution >= 4 is 33.8 Å². The monoisotopic (exact) mass is 419 g/mol. The molecule has 0 saturated carbocycles. The third-order valence-electron chi connectivity index (χ3n) is 4.55. The maximum Gasteiger partial charge on any atom is 0.282 e. The number of aryl methyl sites for hydroxylation is 1. The minimum absolute atomic E-state index is 0.257. The molecule has 2 aromatic carbocycles. The fraction of sp³-hybridized carbons (Fsp3) is 0.227. The Balaban J connectivity index is 1.49. The molecule has 1 aliphatic heterocycles. The van der Waals surface area contributed by atoms with E-state index in [2.05, 4.69) is 20.3 Å². The second kappa shape index (κ2) is 8.54. The van der Waals surface area contributed by atoms with Crippen molar-refractivity contribution in [1.82, 2.24) is 4.98 Å². The number of thiazole rings is 1. The Kier molecular flexibility index (Phi) is 5.67. The topological polar surface area (TPSA) is 79.5 Å². The quantitative estimate of drug-likeness (QED) is 0.502. The number of nitrogens with zero attached hydrogens (tertiary/aromatic N) is 5. The Hall–Kier alpha value is -3.39. The number of carbonyl (C=O) groups excluding carboxylic acids is 1. The van der Waals surface area contributed by atoms with E-state index in [0.717, 1.165) is 17.0 Å². The van der Waals surface area contributed by atoms with Crippen molar-refractivity contribution in [1.29, 1.82) is 0 Å². The number of benzene rings is 2. The first-order valence-corrected chi connectivity index (χ1v) is 10.5. The van der Waals surface area contributed by atoms with E-state index in [1.807, 2.05) is 55.6 Å². The largest absolute Gasteiger partial charge is 0.494 e. The number of carbonyl (C=O) groups is 1. The highest BCUT2D eigenvalue weighted by molar-refractivity contribution is 7.14. The lowest BCUT2D eigenvalue weighted by Crippen LogP contribution is -2.29. The first-order chi connectivity index (χ1) is 14.5. The minimum Gasteiger partial charge on any atom is -0.494 e. The van der Waals surface area contributed by atoms with Crippen LogP contribution in [-0.2, 0) is 4.79 Å². The first-order valence-electron chi connectivity index (χ1n) is 9.60. The zero-order valence-electron chi connectivity index (χ0n) is 16.9. The van der Waals surface area contributed by atoms with E-state index in [1.54, 1.807) is 19.1 Å². The normalized spacial score (nSPS) is 16.4. The number of hydrazone groups is 1. The van der Waals surface area contributed by atoms with Gasteiger partial charge in [0, 0.05) is 10.9 Å². The van der Waals surface area contributed by atoms with E-state index in [0.29, 0.717) is 23.1 Å². The molecule has 1 unspecified atom stereocenters. The number of amides is 1. The smallest absolute Gasteiger partial charge is 0.282 e. The standard InChI is InChI=1S/C22H21N5O2S/c1-4-29-18-11-9-17(10-12-18)24-25-20-15(3)26-27(21(20)28)22-23-19(13-30-22)16-7-5-14(2)6-8-16/h5-13,20H,4H2,1-3H3. The molecule has 30 heavy (non-hydrogen) atoms. The molecule has 2 heterocycles. The maximum atomic E-state index is 12.9. The summed E-state index contributed by atoms with van der Waals surface area (Å²) in [5, 5.41) is 16.6. The molecule has 0 fully saturated rings. The van der Waals surface area contributed by atoms with Crippen LogP contribution in [0.25, 0.3) is 11.3 Å². The Bertz CT molecular complexity index is 1100. The molecule has 1 amide bonds. The summed E-state index contributed by atoms with van der Waals surface area (Å²) in [6, 6.07) is 14.6. The van der Waals surface area contributed by atoms with Gasteiger partial charge in [-0.3, -0.25) is 4.79 Å². The summed E-state index contributed by atoms with van der Waals surface area (Å²) in [4.78, 5) is 17.5. The van der Waals surface area contributed by atoms with E-state index >= 15 is 0 Å². The van der Waals surface area contributed by atoms with Crippen molar-refractivity contribution in [2.24, 2.45) is 15.3 Å². The predicted octanol–water partition coefficient (Wildman–Crippen LogP) is 5.39. The van der Waals surface area contributed by atoms with Crippen LogP contribution in [0.3, 0.4) is 0 Å². The lowest BCUT2D eigenvalue weighted by Gasteiger charge is -2.08. The fourth-order valence-electron chi connectivity index (χ4n) is 2.94. The number of rotatable bonds is 6. The van der Waals surface area contributed by atoms with Crippen molar-refractivity contribution in [3.63, 3.8) is 0 Å². The maximum absolute atomic E-state index is 12.9. The highest BCUT2D eigenvalue weighted by Crippen LogP contribution is 2.31. The number of anilines is 1. The van der Waals surface area contributed by atoms with Crippen LogP contribution in [-0.4, -0.2) is 29.3 Å². The van der Waals surface area contributed by atoms with Crippen molar-refractivity contribution in [2.75, 3.05) is 11.6 Å². The zero-order chi connectivity index (χ0) is 21.1. The number of aromatic nitrogens is 1. The van der Waals surface area contributed by atoms with E-state index in [4.69, 9.17) is 4.74 Å². The average Bonchev–Trinajstić information content (AvgIpc) is 3.33. The van der Waals surface area contributed by atoms with Gasteiger partial charge in [-0.05, 0) is 45.0 Å². The summed E-state index contributed by atoms with van der Waals surface area (Å²) >= 11 is 1.38. The lowest BCUT2D eigenvalue weighted by atomic mass is 10.1. The van der Waals surface area contributed by atoms with Gasteiger partial charge in [-0.15, -0.1) is 11.3 Å². The predicted molar refractivity (Wildman–Crippen MR) is 119 cm³/mol. The third kappa shape index (κ3) is 4.13. The molecule has 0 N–H and O–H groups in total. The van der Waals surface area contributed by atoms with E-state index in [9.17, 15) is 4.79 Å². The highest BCUT2D eigenvalue weighted by atomic mass is 32.1. The van der Waals surface area contributed by atoms with Crippen LogP contribution in [0.15, 0.2) is 69.2 Å². The summed E-state index contributed by atoms with van der Waals surface area (Å²) in [7, 11) is 0. The second-order valence-corrected chi connectivity index (χ2v) is 7.65. The van der Waals surface area contributed by atoms with Crippen LogP contribution in [0.1, 0.15) is 19.4 Å². The molecule has 152 valence electrons. The Morgan fingerprint density at radius 2 is 1.83 bits per heavy atom. The molecular formula is C22H21N5O2S. The van der Waals surface area contributed by atoms with Crippen LogP contribution in [0, 0.1) is 6.92 Å². The van der Waals surface area contributed by atoms with Crippen LogP contribution < -0.4 is 9.75 Å². The molecule has 1 atom stereocenters. The first kappa shape index (κ1) is 19.9. The molecular weight excluding hydrogens is 398 g/mol. The number of hydrogen-bond donors (Lipinski definition) is 0. The van der Waals surface area contributed by atoms with Gasteiger partial charge in [-0.2, -0.15) is 20.3 Å². The van der Waals surface area contributed by atoms with Crippen molar-refractivity contribution in [3.05, 3.63) is 59.5 Å². The molecule has 0 aliphatic carbocycles. The summed E-state index contributed by atoms with van der Waals surface area (Å²) in [5.74, 6) is 0.512. The van der Waals surface area contributed by atoms with Crippen molar-refractivity contribution < 1.29 is 9.53 Å². The van der Waals surface area contributed by atoms with Gasteiger partial charge in [0.25, 0.3) is 5.91 Å². The van der Waals surface area contributed by atoms with Gasteiger partial charge in [0.2, 0.25) is 5.13 Å². The van der Waals surface area contributed by atoms with Crippen LogP contribution in [0.4, 0.5) is 10.8 Å². The van der Waals surface area contributed by atoms with Gasteiger partial charge in [-0.1, -0.05) is 29.8 Å². The number of hydrogen-bond acceptors (Lipinski definition) is 7. The van der Waals surface area contributed by atoms with Crippen LogP contribution in [0.5, 0.6) is 5.75 Å². The molecule has 0 saturated heterocycles. The molecule has 0 spiro atoms. The van der Waals surface area contributed by atoms with Gasteiger partial charge < -0.3 is 4.74 Å². The van der Waals surface area contributed by atoms with Gasteiger partial charge in [0.05, 0.1) is 23.7 Å². The van der Waals surface area contributed by atoms with Crippen molar-refractivity contribution in [3.8, 4) is 17.0 Å². The van der Waals surface area contributed by atoms with Crippen LogP contribution in [0.2, 0.25) is 0 Å². The SMILES string of the molecule is CCOc1ccc(N=NC2C(=O)N(c3nc(-c4ccc(C)cc4)cs3)N=C2C)cc1. The summed E-state index contributed by atoms with van der Waals surface area (Å²) in [5.41, 5.74) is 4.23. The van der Waals surface area contributed by atoms with Gasteiger partial charge in [0.1, 0.15) is 5.75 Å². The number of azo groups is 1.